The molecule has 7 nitrogen and oxygen atoms in total. The largest absolute Gasteiger partial charge is 0.507 e. The molecule has 0 unspecified atom stereocenters. The highest BCUT2D eigenvalue weighted by Gasteiger charge is 2.48. The zero-order chi connectivity index (χ0) is 24.6. The molecule has 0 spiro atoms. The van der Waals surface area contributed by atoms with Gasteiger partial charge in [0.15, 0.2) is 0 Å². The zero-order valence-corrected chi connectivity index (χ0v) is 20.6. The smallest absolute Gasteiger partial charge is 0.301 e. The van der Waals surface area contributed by atoms with E-state index < -0.39 is 17.7 Å². The van der Waals surface area contributed by atoms with Crippen LogP contribution >= 0.6 is 11.3 Å². The topological polar surface area (TPSA) is 92.6 Å². The number of carbonyl (C=O) groups is 2. The monoisotopic (exact) mass is 477 g/mol. The van der Waals surface area contributed by atoms with E-state index in [1.165, 1.54) is 16.2 Å². The Morgan fingerprint density at radius 3 is 2.18 bits per heavy atom. The summed E-state index contributed by atoms with van der Waals surface area (Å²) in [4.78, 5) is 27.7. The van der Waals surface area contributed by atoms with Gasteiger partial charge in [-0.3, -0.25) is 14.5 Å². The number of nitrogens with zero attached hydrogens (tertiary/aromatic N) is 3. The molecule has 1 amide bonds. The van der Waals surface area contributed by atoms with Gasteiger partial charge in [-0.05, 0) is 62.1 Å². The van der Waals surface area contributed by atoms with E-state index in [4.69, 9.17) is 4.74 Å². The van der Waals surface area contributed by atoms with Crippen molar-refractivity contribution in [2.24, 2.45) is 0 Å². The molecule has 3 aromatic rings. The zero-order valence-electron chi connectivity index (χ0n) is 19.8. The van der Waals surface area contributed by atoms with Gasteiger partial charge in [0.25, 0.3) is 5.78 Å². The van der Waals surface area contributed by atoms with Crippen molar-refractivity contribution in [3.63, 3.8) is 0 Å². The van der Waals surface area contributed by atoms with Crippen molar-refractivity contribution < 1.29 is 19.4 Å². The lowest BCUT2D eigenvalue weighted by atomic mass is 9.93. The maximum absolute atomic E-state index is 13.2. The molecule has 1 aliphatic rings. The highest BCUT2D eigenvalue weighted by molar-refractivity contribution is 7.15. The quantitative estimate of drug-likeness (QED) is 0.291. The number of carbonyl (C=O) groups excluding carboxylic acids is 2. The lowest BCUT2D eigenvalue weighted by Crippen LogP contribution is -2.29. The van der Waals surface area contributed by atoms with E-state index in [1.54, 1.807) is 31.2 Å². The number of Topliss-reactive ketones (excluding diaryl/α,β-unsaturated/α-hetero) is 1. The summed E-state index contributed by atoms with van der Waals surface area (Å²) in [7, 11) is 0. The van der Waals surface area contributed by atoms with E-state index in [0.717, 1.165) is 5.56 Å². The SMILES string of the molecule is Cc1nnc(N2C(=O)C(=O)C(=C(O)c3ccc(OC(C)C)cc3)[C@@H]2c2ccc(C(C)C)cc2)s1. The molecule has 0 saturated carbocycles. The van der Waals surface area contributed by atoms with Crippen molar-refractivity contribution in [2.75, 3.05) is 4.90 Å². The van der Waals surface area contributed by atoms with Crippen LogP contribution in [0, 0.1) is 6.92 Å². The average Bonchev–Trinajstić information content (AvgIpc) is 3.34. The number of anilines is 1. The number of aliphatic hydroxyl groups excluding tert-OH is 1. The first-order valence-corrected chi connectivity index (χ1v) is 12.0. The summed E-state index contributed by atoms with van der Waals surface area (Å²) < 4.78 is 5.67. The van der Waals surface area contributed by atoms with Crippen molar-refractivity contribution in [1.29, 1.82) is 0 Å². The van der Waals surface area contributed by atoms with Crippen molar-refractivity contribution in [2.45, 2.75) is 52.7 Å². The lowest BCUT2D eigenvalue weighted by Gasteiger charge is -2.23. The Hall–Kier alpha value is -3.52. The Labute approximate surface area is 202 Å². The van der Waals surface area contributed by atoms with Crippen molar-refractivity contribution in [1.82, 2.24) is 10.2 Å². The van der Waals surface area contributed by atoms with Crippen molar-refractivity contribution >= 4 is 33.9 Å². The maximum Gasteiger partial charge on any atom is 0.301 e. The molecular formula is C26H27N3O4S. The summed E-state index contributed by atoms with van der Waals surface area (Å²) in [5.74, 6) is -0.757. The lowest BCUT2D eigenvalue weighted by molar-refractivity contribution is -0.132. The van der Waals surface area contributed by atoms with Gasteiger partial charge in [-0.1, -0.05) is 49.4 Å². The molecule has 1 atom stereocenters. The van der Waals surface area contributed by atoms with Crippen LogP contribution in [0.15, 0.2) is 54.1 Å². The fourth-order valence-corrected chi connectivity index (χ4v) is 4.63. The molecule has 2 heterocycles. The van der Waals surface area contributed by atoms with Gasteiger partial charge in [-0.15, -0.1) is 10.2 Å². The molecular weight excluding hydrogens is 450 g/mol. The number of rotatable bonds is 6. The predicted molar refractivity (Wildman–Crippen MR) is 132 cm³/mol. The molecule has 1 aromatic heterocycles. The predicted octanol–water partition coefficient (Wildman–Crippen LogP) is 5.38. The first kappa shape index (κ1) is 23.6. The molecule has 176 valence electrons. The van der Waals surface area contributed by atoms with Gasteiger partial charge in [0, 0.05) is 5.56 Å². The number of amides is 1. The summed E-state index contributed by atoms with van der Waals surface area (Å²) >= 11 is 1.22. The van der Waals surface area contributed by atoms with Crippen molar-refractivity contribution in [3.8, 4) is 5.75 Å². The molecule has 1 fully saturated rings. The molecule has 1 aliphatic heterocycles. The molecule has 0 radical (unpaired) electrons. The van der Waals surface area contributed by atoms with E-state index in [-0.39, 0.29) is 17.4 Å². The van der Waals surface area contributed by atoms with E-state index in [1.807, 2.05) is 38.1 Å². The van der Waals surface area contributed by atoms with Crippen LogP contribution in [0.5, 0.6) is 5.75 Å². The third-order valence-electron chi connectivity index (χ3n) is 5.58. The van der Waals surface area contributed by atoms with E-state index in [0.29, 0.717) is 32.9 Å². The molecule has 0 aliphatic carbocycles. The number of ether oxygens (including phenoxy) is 1. The van der Waals surface area contributed by atoms with Crippen LogP contribution in [0.1, 0.15) is 61.4 Å². The van der Waals surface area contributed by atoms with Gasteiger partial charge in [0.2, 0.25) is 5.13 Å². The van der Waals surface area contributed by atoms with Gasteiger partial charge < -0.3 is 9.84 Å². The standard InChI is InChI=1S/C26H27N3O4S/c1-14(2)17-6-8-18(9-7-17)22-21(23(30)19-10-12-20(13-11-19)33-15(3)4)24(31)25(32)29(22)26-28-27-16(5)34-26/h6-15,22,30H,1-5H3/t22-/m0/s1. The van der Waals surface area contributed by atoms with Crippen LogP contribution in [-0.2, 0) is 9.59 Å². The van der Waals surface area contributed by atoms with Crippen LogP contribution < -0.4 is 9.64 Å². The Bertz CT molecular complexity index is 1240. The molecule has 2 aromatic carbocycles. The number of aliphatic hydroxyl groups is 1. The Balaban J connectivity index is 1.84. The Kier molecular flexibility index (Phi) is 6.52. The average molecular weight is 478 g/mol. The van der Waals surface area contributed by atoms with Crippen LogP contribution in [0.4, 0.5) is 5.13 Å². The normalized spacial score (nSPS) is 17.7. The van der Waals surface area contributed by atoms with E-state index in [2.05, 4.69) is 24.0 Å². The second kappa shape index (κ2) is 9.38. The second-order valence-electron chi connectivity index (χ2n) is 8.79. The van der Waals surface area contributed by atoms with Crippen LogP contribution in [0.25, 0.3) is 5.76 Å². The minimum Gasteiger partial charge on any atom is -0.507 e. The summed E-state index contributed by atoms with van der Waals surface area (Å²) in [6.07, 6.45) is 0.00828. The third-order valence-corrected chi connectivity index (χ3v) is 6.42. The van der Waals surface area contributed by atoms with E-state index >= 15 is 0 Å². The fourth-order valence-electron chi connectivity index (χ4n) is 3.91. The summed E-state index contributed by atoms with van der Waals surface area (Å²) in [6.45, 7) is 9.82. The van der Waals surface area contributed by atoms with Crippen LogP contribution in [0.3, 0.4) is 0 Å². The Morgan fingerprint density at radius 2 is 1.65 bits per heavy atom. The van der Waals surface area contributed by atoms with E-state index in [9.17, 15) is 14.7 Å². The number of aromatic nitrogens is 2. The van der Waals surface area contributed by atoms with Gasteiger partial charge in [0.1, 0.15) is 16.5 Å². The third kappa shape index (κ3) is 4.46. The molecule has 34 heavy (non-hydrogen) atoms. The highest BCUT2D eigenvalue weighted by atomic mass is 32.1. The minimum absolute atomic E-state index is 0.00828. The number of hydrogen-bond acceptors (Lipinski definition) is 7. The second-order valence-corrected chi connectivity index (χ2v) is 9.95. The van der Waals surface area contributed by atoms with Crippen molar-refractivity contribution in [3.05, 3.63) is 75.8 Å². The first-order chi connectivity index (χ1) is 16.2. The summed E-state index contributed by atoms with van der Waals surface area (Å²) in [6, 6.07) is 13.7. The van der Waals surface area contributed by atoms with Crippen LogP contribution in [-0.4, -0.2) is 33.1 Å². The van der Waals surface area contributed by atoms with Gasteiger partial charge >= 0.3 is 5.91 Å². The fraction of sp³-hybridized carbons (Fsp3) is 0.308. The first-order valence-electron chi connectivity index (χ1n) is 11.2. The molecule has 1 saturated heterocycles. The number of hydrogen-bond donors (Lipinski definition) is 1. The minimum atomic E-state index is -0.819. The molecule has 8 heteroatoms. The number of ketones is 1. The highest BCUT2D eigenvalue weighted by Crippen LogP contribution is 2.43. The summed E-state index contributed by atoms with van der Waals surface area (Å²) in [5.41, 5.74) is 2.28. The maximum atomic E-state index is 13.2. The summed E-state index contributed by atoms with van der Waals surface area (Å²) in [5, 5.41) is 20.4. The van der Waals surface area contributed by atoms with Gasteiger partial charge in [0.05, 0.1) is 17.7 Å². The van der Waals surface area contributed by atoms with Gasteiger partial charge in [-0.25, -0.2) is 0 Å². The molecule has 1 N–H and O–H groups in total. The van der Waals surface area contributed by atoms with Gasteiger partial charge in [-0.2, -0.15) is 0 Å². The Morgan fingerprint density at radius 1 is 1.00 bits per heavy atom. The molecule has 0 bridgehead atoms. The number of benzene rings is 2. The number of aryl methyl sites for hydroxylation is 1. The molecule has 4 rings (SSSR count). The van der Waals surface area contributed by atoms with Crippen LogP contribution in [0.2, 0.25) is 0 Å².